The van der Waals surface area contributed by atoms with E-state index in [0.717, 1.165) is 43.3 Å². The molecule has 6 nitrogen and oxygen atoms in total. The zero-order valence-electron chi connectivity index (χ0n) is 14.4. The summed E-state index contributed by atoms with van der Waals surface area (Å²) in [6.07, 6.45) is 6.03. The predicted molar refractivity (Wildman–Crippen MR) is 94.6 cm³/mol. The topological polar surface area (TPSA) is 63.2 Å². The van der Waals surface area contributed by atoms with Gasteiger partial charge >= 0.3 is 0 Å². The first-order chi connectivity index (χ1) is 11.7. The van der Waals surface area contributed by atoms with Gasteiger partial charge in [-0.3, -0.25) is 0 Å². The number of aromatic nitrogens is 3. The summed E-state index contributed by atoms with van der Waals surface area (Å²) in [5.74, 6) is 1.83. The molecule has 0 unspecified atom stereocenters. The molecule has 0 spiro atoms. The van der Waals surface area contributed by atoms with Crippen molar-refractivity contribution in [2.24, 2.45) is 0 Å². The molecule has 1 aliphatic rings. The SMILES string of the molecule is COCCN1CCC[C@@H](c2ccnc(Nc3ccc(C)cn3)n2)C1. The summed E-state index contributed by atoms with van der Waals surface area (Å²) in [6.45, 7) is 5.96. The van der Waals surface area contributed by atoms with E-state index >= 15 is 0 Å². The van der Waals surface area contributed by atoms with Crippen LogP contribution in [0.5, 0.6) is 0 Å². The van der Waals surface area contributed by atoms with Gasteiger partial charge in [0.15, 0.2) is 0 Å². The number of anilines is 2. The van der Waals surface area contributed by atoms with E-state index < -0.39 is 0 Å². The molecule has 2 aromatic rings. The lowest BCUT2D eigenvalue weighted by molar-refractivity contribution is 0.127. The Kier molecular flexibility index (Phi) is 5.72. The number of methoxy groups -OCH3 is 1. The number of likely N-dealkylation sites (tertiary alicyclic amines) is 1. The van der Waals surface area contributed by atoms with Gasteiger partial charge in [0, 0.05) is 38.5 Å². The molecule has 1 aliphatic heterocycles. The van der Waals surface area contributed by atoms with Gasteiger partial charge in [-0.2, -0.15) is 0 Å². The second kappa shape index (κ2) is 8.17. The van der Waals surface area contributed by atoms with Crippen molar-refractivity contribution in [2.75, 3.05) is 38.7 Å². The zero-order valence-corrected chi connectivity index (χ0v) is 14.4. The highest BCUT2D eigenvalue weighted by Gasteiger charge is 2.22. The van der Waals surface area contributed by atoms with Crippen LogP contribution in [-0.4, -0.2) is 53.2 Å². The lowest BCUT2D eigenvalue weighted by atomic mass is 9.94. The minimum absolute atomic E-state index is 0.449. The average molecular weight is 327 g/mol. The minimum atomic E-state index is 0.449. The van der Waals surface area contributed by atoms with Crippen molar-refractivity contribution in [1.29, 1.82) is 0 Å². The summed E-state index contributed by atoms with van der Waals surface area (Å²) in [5, 5.41) is 3.19. The summed E-state index contributed by atoms with van der Waals surface area (Å²) in [7, 11) is 1.75. The second-order valence-corrected chi connectivity index (χ2v) is 6.28. The molecule has 3 rings (SSSR count). The minimum Gasteiger partial charge on any atom is -0.383 e. The number of nitrogens with one attached hydrogen (secondary N) is 1. The molecule has 0 aromatic carbocycles. The van der Waals surface area contributed by atoms with Crippen molar-refractivity contribution in [3.8, 4) is 0 Å². The number of ether oxygens (including phenoxy) is 1. The third-order valence-corrected chi connectivity index (χ3v) is 4.36. The third kappa shape index (κ3) is 4.49. The summed E-state index contributed by atoms with van der Waals surface area (Å²) in [4.78, 5) is 15.8. The highest BCUT2D eigenvalue weighted by molar-refractivity contribution is 5.47. The van der Waals surface area contributed by atoms with Crippen LogP contribution >= 0.6 is 0 Å². The third-order valence-electron chi connectivity index (χ3n) is 4.36. The Bertz CT molecular complexity index is 646. The molecule has 0 aliphatic carbocycles. The van der Waals surface area contributed by atoms with Crippen LogP contribution in [0.25, 0.3) is 0 Å². The van der Waals surface area contributed by atoms with Gasteiger partial charge in [-0.25, -0.2) is 15.0 Å². The monoisotopic (exact) mass is 327 g/mol. The van der Waals surface area contributed by atoms with Crippen molar-refractivity contribution in [3.63, 3.8) is 0 Å². The van der Waals surface area contributed by atoms with Crippen LogP contribution in [0.1, 0.15) is 30.0 Å². The molecular formula is C18H25N5O. The van der Waals surface area contributed by atoms with E-state index in [1.165, 1.54) is 12.8 Å². The summed E-state index contributed by atoms with van der Waals surface area (Å²) < 4.78 is 5.20. The Hall–Kier alpha value is -2.05. The fourth-order valence-electron chi connectivity index (χ4n) is 3.04. The first-order valence-electron chi connectivity index (χ1n) is 8.48. The van der Waals surface area contributed by atoms with Crippen molar-refractivity contribution >= 4 is 11.8 Å². The molecule has 3 heterocycles. The number of nitrogens with zero attached hydrogens (tertiary/aromatic N) is 4. The van der Waals surface area contributed by atoms with Crippen molar-refractivity contribution in [2.45, 2.75) is 25.7 Å². The van der Waals surface area contributed by atoms with E-state index in [0.29, 0.717) is 11.9 Å². The number of hydrogen-bond acceptors (Lipinski definition) is 6. The van der Waals surface area contributed by atoms with E-state index in [-0.39, 0.29) is 0 Å². The number of pyridine rings is 1. The standard InChI is InChI=1S/C18H25N5O/c1-14-5-6-17(20-12-14)22-18-19-8-7-16(21-18)15-4-3-9-23(13-15)10-11-24-2/h5-8,12,15H,3-4,9-11,13H2,1-2H3,(H,19,20,21,22)/t15-/m1/s1. The van der Waals surface area contributed by atoms with E-state index in [1.54, 1.807) is 7.11 Å². The average Bonchev–Trinajstić information content (AvgIpc) is 2.62. The highest BCUT2D eigenvalue weighted by atomic mass is 16.5. The smallest absolute Gasteiger partial charge is 0.228 e. The lowest BCUT2D eigenvalue weighted by Crippen LogP contribution is -2.36. The van der Waals surface area contributed by atoms with Gasteiger partial charge in [-0.05, 0) is 44.0 Å². The van der Waals surface area contributed by atoms with Crippen LogP contribution in [0.2, 0.25) is 0 Å². The molecule has 0 radical (unpaired) electrons. The molecule has 1 saturated heterocycles. The van der Waals surface area contributed by atoms with Gasteiger partial charge in [0.05, 0.1) is 12.3 Å². The van der Waals surface area contributed by atoms with Gasteiger partial charge in [0.1, 0.15) is 5.82 Å². The number of hydrogen-bond donors (Lipinski definition) is 1. The Morgan fingerprint density at radius 2 is 2.21 bits per heavy atom. The first-order valence-corrected chi connectivity index (χ1v) is 8.48. The van der Waals surface area contributed by atoms with Crippen LogP contribution in [0.3, 0.4) is 0 Å². The maximum atomic E-state index is 5.20. The molecular weight excluding hydrogens is 302 g/mol. The molecule has 0 amide bonds. The quantitative estimate of drug-likeness (QED) is 0.880. The first kappa shape index (κ1) is 16.8. The summed E-state index contributed by atoms with van der Waals surface area (Å²) in [6, 6.07) is 5.99. The Morgan fingerprint density at radius 1 is 1.29 bits per heavy atom. The van der Waals surface area contributed by atoms with Crippen LogP contribution in [0.4, 0.5) is 11.8 Å². The second-order valence-electron chi connectivity index (χ2n) is 6.28. The largest absolute Gasteiger partial charge is 0.383 e. The van der Waals surface area contributed by atoms with Gasteiger partial charge in [-0.1, -0.05) is 6.07 Å². The van der Waals surface area contributed by atoms with Crippen LogP contribution in [-0.2, 0) is 4.74 Å². The van der Waals surface area contributed by atoms with E-state index in [4.69, 9.17) is 9.72 Å². The van der Waals surface area contributed by atoms with Crippen LogP contribution in [0.15, 0.2) is 30.6 Å². The molecule has 1 atom stereocenters. The Labute approximate surface area is 143 Å². The van der Waals surface area contributed by atoms with Crippen LogP contribution < -0.4 is 5.32 Å². The number of rotatable bonds is 6. The molecule has 6 heteroatoms. The van der Waals surface area contributed by atoms with Gasteiger partial charge in [0.2, 0.25) is 5.95 Å². The molecule has 0 saturated carbocycles. The van der Waals surface area contributed by atoms with E-state index in [1.807, 2.05) is 37.5 Å². The van der Waals surface area contributed by atoms with Gasteiger partial charge in [-0.15, -0.1) is 0 Å². The van der Waals surface area contributed by atoms with Gasteiger partial charge in [0.25, 0.3) is 0 Å². The molecule has 2 aromatic heterocycles. The summed E-state index contributed by atoms with van der Waals surface area (Å²) >= 11 is 0. The predicted octanol–water partition coefficient (Wildman–Crippen LogP) is 2.75. The maximum Gasteiger partial charge on any atom is 0.228 e. The molecule has 1 N–H and O–H groups in total. The van der Waals surface area contributed by atoms with Crippen molar-refractivity contribution in [3.05, 3.63) is 41.9 Å². The fraction of sp³-hybridized carbons (Fsp3) is 0.500. The van der Waals surface area contributed by atoms with Gasteiger partial charge < -0.3 is 15.0 Å². The molecule has 24 heavy (non-hydrogen) atoms. The van der Waals surface area contributed by atoms with E-state index in [9.17, 15) is 0 Å². The lowest BCUT2D eigenvalue weighted by Gasteiger charge is -2.32. The van der Waals surface area contributed by atoms with Crippen molar-refractivity contribution < 1.29 is 4.74 Å². The molecule has 0 bridgehead atoms. The van der Waals surface area contributed by atoms with E-state index in [2.05, 4.69) is 20.2 Å². The normalized spacial score (nSPS) is 18.5. The Morgan fingerprint density at radius 3 is 3.00 bits per heavy atom. The number of piperidine rings is 1. The molecule has 128 valence electrons. The Balaban J connectivity index is 1.67. The fourth-order valence-corrected chi connectivity index (χ4v) is 3.04. The van der Waals surface area contributed by atoms with Crippen LogP contribution in [0, 0.1) is 6.92 Å². The summed E-state index contributed by atoms with van der Waals surface area (Å²) in [5.41, 5.74) is 2.23. The number of aryl methyl sites for hydroxylation is 1. The maximum absolute atomic E-state index is 5.20. The molecule has 1 fully saturated rings. The highest BCUT2D eigenvalue weighted by Crippen LogP contribution is 2.26. The van der Waals surface area contributed by atoms with Crippen molar-refractivity contribution in [1.82, 2.24) is 19.9 Å². The zero-order chi connectivity index (χ0) is 16.8.